The van der Waals surface area contributed by atoms with Gasteiger partial charge in [-0.1, -0.05) is 12.5 Å². The molecule has 0 amide bonds. The van der Waals surface area contributed by atoms with Crippen molar-refractivity contribution in [2.45, 2.75) is 38.7 Å². The van der Waals surface area contributed by atoms with Crippen molar-refractivity contribution in [1.29, 1.82) is 5.26 Å². The maximum Gasteiger partial charge on any atom is 0.121 e. The largest absolute Gasteiger partial charge is 0.496 e. The maximum atomic E-state index is 10.8. The lowest BCUT2D eigenvalue weighted by molar-refractivity contribution is 0.0233. The van der Waals surface area contributed by atoms with Gasteiger partial charge in [-0.25, -0.2) is 0 Å². The smallest absolute Gasteiger partial charge is 0.121 e. The first-order chi connectivity index (χ1) is 9.60. The standard InChI is InChI=1S/C17H21NO2/c1-11-7-13(4-6-15(11)20-2)16(19)17(10-18)9-12-3-5-14(17)8-12/h4,6-7,12,14,16,19H,3,5,8-9H2,1-2H3. The number of hydrogen-bond acceptors (Lipinski definition) is 3. The quantitative estimate of drug-likeness (QED) is 0.917. The molecule has 0 heterocycles. The zero-order valence-electron chi connectivity index (χ0n) is 12.1. The number of rotatable bonds is 3. The van der Waals surface area contributed by atoms with E-state index in [4.69, 9.17) is 4.74 Å². The van der Waals surface area contributed by atoms with Gasteiger partial charge in [0.1, 0.15) is 5.75 Å². The number of aryl methyl sites for hydroxylation is 1. The Kier molecular flexibility index (Phi) is 3.22. The fraction of sp³-hybridized carbons (Fsp3) is 0.588. The number of aliphatic hydroxyl groups excluding tert-OH is 1. The minimum Gasteiger partial charge on any atom is -0.496 e. The van der Waals surface area contributed by atoms with Gasteiger partial charge in [0.05, 0.1) is 24.7 Å². The van der Waals surface area contributed by atoms with Crippen molar-refractivity contribution in [2.75, 3.05) is 7.11 Å². The minimum atomic E-state index is -0.688. The summed E-state index contributed by atoms with van der Waals surface area (Å²) in [6, 6.07) is 8.20. The molecule has 3 heteroatoms. The predicted molar refractivity (Wildman–Crippen MR) is 76.2 cm³/mol. The molecule has 3 rings (SSSR count). The molecule has 0 aromatic heterocycles. The average Bonchev–Trinajstić information content (AvgIpc) is 3.07. The molecule has 2 fully saturated rings. The lowest BCUT2D eigenvalue weighted by Crippen LogP contribution is -2.33. The normalized spacial score (nSPS) is 32.9. The summed E-state index contributed by atoms with van der Waals surface area (Å²) in [5.41, 5.74) is 1.27. The Morgan fingerprint density at radius 3 is 2.75 bits per heavy atom. The molecule has 3 nitrogen and oxygen atoms in total. The number of ether oxygens (including phenoxy) is 1. The van der Waals surface area contributed by atoms with E-state index in [1.165, 1.54) is 6.42 Å². The van der Waals surface area contributed by atoms with E-state index in [1.807, 2.05) is 25.1 Å². The SMILES string of the molecule is COc1ccc(C(O)C2(C#N)CC3CCC2C3)cc1C. The summed E-state index contributed by atoms with van der Waals surface area (Å²) in [6.07, 6.45) is 3.58. The Morgan fingerprint density at radius 1 is 1.45 bits per heavy atom. The van der Waals surface area contributed by atoms with E-state index in [2.05, 4.69) is 6.07 Å². The van der Waals surface area contributed by atoms with Crippen molar-refractivity contribution in [1.82, 2.24) is 0 Å². The molecule has 2 aliphatic carbocycles. The second-order valence-electron chi connectivity index (χ2n) is 6.36. The molecule has 2 bridgehead atoms. The number of hydrogen-bond donors (Lipinski definition) is 1. The van der Waals surface area contributed by atoms with Gasteiger partial charge in [-0.05, 0) is 61.3 Å². The van der Waals surface area contributed by atoms with Crippen LogP contribution in [0.5, 0.6) is 5.75 Å². The number of nitriles is 1. The Morgan fingerprint density at radius 2 is 2.25 bits per heavy atom. The number of fused-ring (bicyclic) bond motifs is 2. The molecule has 2 aliphatic rings. The summed E-state index contributed by atoms with van der Waals surface area (Å²) in [5.74, 6) is 1.81. The van der Waals surface area contributed by atoms with Gasteiger partial charge >= 0.3 is 0 Å². The molecule has 0 aliphatic heterocycles. The van der Waals surface area contributed by atoms with Crippen LogP contribution in [0, 0.1) is 35.5 Å². The second kappa shape index (κ2) is 4.79. The Bertz CT molecular complexity index is 563. The number of aliphatic hydroxyl groups is 1. The monoisotopic (exact) mass is 271 g/mol. The Labute approximate surface area is 120 Å². The van der Waals surface area contributed by atoms with Gasteiger partial charge in [-0.15, -0.1) is 0 Å². The van der Waals surface area contributed by atoms with E-state index < -0.39 is 11.5 Å². The van der Waals surface area contributed by atoms with Gasteiger partial charge in [0.2, 0.25) is 0 Å². The van der Waals surface area contributed by atoms with E-state index in [9.17, 15) is 10.4 Å². The maximum absolute atomic E-state index is 10.8. The van der Waals surface area contributed by atoms with Gasteiger partial charge < -0.3 is 9.84 Å². The van der Waals surface area contributed by atoms with Gasteiger partial charge in [-0.3, -0.25) is 0 Å². The molecule has 0 saturated heterocycles. The van der Waals surface area contributed by atoms with Crippen molar-refractivity contribution in [3.8, 4) is 11.8 Å². The molecule has 106 valence electrons. The van der Waals surface area contributed by atoms with Crippen molar-refractivity contribution in [2.24, 2.45) is 17.3 Å². The number of nitrogens with zero attached hydrogens (tertiary/aromatic N) is 1. The molecule has 1 aromatic rings. The van der Waals surface area contributed by atoms with Gasteiger partial charge in [0, 0.05) is 0 Å². The lowest BCUT2D eigenvalue weighted by atomic mass is 9.68. The molecule has 20 heavy (non-hydrogen) atoms. The van der Waals surface area contributed by atoms with Crippen LogP contribution in [-0.4, -0.2) is 12.2 Å². The van der Waals surface area contributed by atoms with E-state index in [1.54, 1.807) is 7.11 Å². The molecule has 0 spiro atoms. The highest BCUT2D eigenvalue weighted by Gasteiger charge is 2.55. The first-order valence-electron chi connectivity index (χ1n) is 7.34. The second-order valence-corrected chi connectivity index (χ2v) is 6.36. The van der Waals surface area contributed by atoms with Gasteiger partial charge in [0.25, 0.3) is 0 Å². The third-order valence-electron chi connectivity index (χ3n) is 5.33. The van der Waals surface area contributed by atoms with Crippen LogP contribution >= 0.6 is 0 Å². The predicted octanol–water partition coefficient (Wildman–Crippen LogP) is 3.37. The van der Waals surface area contributed by atoms with Crippen LogP contribution in [0.2, 0.25) is 0 Å². The fourth-order valence-corrected chi connectivity index (χ4v) is 4.27. The molecule has 2 saturated carbocycles. The highest BCUT2D eigenvalue weighted by atomic mass is 16.5. The van der Waals surface area contributed by atoms with Crippen LogP contribution in [0.1, 0.15) is 42.9 Å². The molecule has 4 unspecified atom stereocenters. The van der Waals surface area contributed by atoms with Crippen LogP contribution in [-0.2, 0) is 0 Å². The van der Waals surface area contributed by atoms with E-state index in [-0.39, 0.29) is 0 Å². The fourth-order valence-electron chi connectivity index (χ4n) is 4.27. The highest BCUT2D eigenvalue weighted by Crippen LogP contribution is 2.60. The number of methoxy groups -OCH3 is 1. The molecular weight excluding hydrogens is 250 g/mol. The van der Waals surface area contributed by atoms with E-state index in [0.717, 1.165) is 36.1 Å². The Balaban J connectivity index is 1.94. The number of benzene rings is 1. The first-order valence-corrected chi connectivity index (χ1v) is 7.34. The van der Waals surface area contributed by atoms with Gasteiger partial charge in [-0.2, -0.15) is 5.26 Å². The first kappa shape index (κ1) is 13.5. The lowest BCUT2D eigenvalue weighted by Gasteiger charge is -2.35. The van der Waals surface area contributed by atoms with Crippen molar-refractivity contribution in [3.05, 3.63) is 29.3 Å². The average molecular weight is 271 g/mol. The van der Waals surface area contributed by atoms with Crippen LogP contribution in [0.3, 0.4) is 0 Å². The molecular formula is C17H21NO2. The topological polar surface area (TPSA) is 53.2 Å². The Hall–Kier alpha value is -1.53. The molecule has 1 N–H and O–H groups in total. The summed E-state index contributed by atoms with van der Waals surface area (Å²) >= 11 is 0. The van der Waals surface area contributed by atoms with Crippen LogP contribution in [0.4, 0.5) is 0 Å². The summed E-state index contributed by atoms with van der Waals surface area (Å²) < 4.78 is 5.26. The summed E-state index contributed by atoms with van der Waals surface area (Å²) in [5, 5.41) is 20.5. The van der Waals surface area contributed by atoms with Crippen LogP contribution in [0.25, 0.3) is 0 Å². The van der Waals surface area contributed by atoms with Crippen LogP contribution < -0.4 is 4.74 Å². The molecule has 0 radical (unpaired) electrons. The van der Waals surface area contributed by atoms with Crippen molar-refractivity contribution in [3.63, 3.8) is 0 Å². The third kappa shape index (κ3) is 1.83. The zero-order chi connectivity index (χ0) is 14.3. The summed E-state index contributed by atoms with van der Waals surface area (Å²) in [7, 11) is 1.64. The molecule has 1 aromatic carbocycles. The summed E-state index contributed by atoms with van der Waals surface area (Å²) in [4.78, 5) is 0. The van der Waals surface area contributed by atoms with Crippen LogP contribution in [0.15, 0.2) is 18.2 Å². The third-order valence-corrected chi connectivity index (χ3v) is 5.33. The zero-order valence-corrected chi connectivity index (χ0v) is 12.1. The van der Waals surface area contributed by atoms with Gasteiger partial charge in [0.15, 0.2) is 0 Å². The minimum absolute atomic E-state index is 0.356. The van der Waals surface area contributed by atoms with E-state index in [0.29, 0.717) is 11.8 Å². The molecule has 4 atom stereocenters. The van der Waals surface area contributed by atoms with Crippen molar-refractivity contribution >= 4 is 0 Å². The highest BCUT2D eigenvalue weighted by molar-refractivity contribution is 5.38. The van der Waals surface area contributed by atoms with E-state index >= 15 is 0 Å². The summed E-state index contributed by atoms with van der Waals surface area (Å²) in [6.45, 7) is 1.97. The van der Waals surface area contributed by atoms with Crippen molar-refractivity contribution < 1.29 is 9.84 Å².